The second-order valence-electron chi connectivity index (χ2n) is 6.44. The summed E-state index contributed by atoms with van der Waals surface area (Å²) in [5, 5.41) is 13.6. The Hall–Kier alpha value is -1.06. The van der Waals surface area contributed by atoms with Crippen molar-refractivity contribution in [3.8, 4) is 5.75 Å². The molecule has 1 saturated heterocycles. The summed E-state index contributed by atoms with van der Waals surface area (Å²) in [6.45, 7) is 12.1. The summed E-state index contributed by atoms with van der Waals surface area (Å²) >= 11 is 0. The molecule has 1 aromatic rings. The molecule has 3 nitrogen and oxygen atoms in total. The van der Waals surface area contributed by atoms with Gasteiger partial charge in [0.15, 0.2) is 0 Å². The largest absolute Gasteiger partial charge is 0.508 e. The van der Waals surface area contributed by atoms with Crippen LogP contribution in [0.25, 0.3) is 0 Å². The number of benzene rings is 1. The van der Waals surface area contributed by atoms with Gasteiger partial charge >= 0.3 is 0 Å². The van der Waals surface area contributed by atoms with E-state index in [-0.39, 0.29) is 6.04 Å². The third-order valence-corrected chi connectivity index (χ3v) is 4.41. The molecule has 3 heteroatoms. The first-order valence-corrected chi connectivity index (χ1v) is 7.74. The van der Waals surface area contributed by atoms with Crippen LogP contribution in [0.4, 0.5) is 0 Å². The number of aryl methyl sites for hydroxylation is 1. The van der Waals surface area contributed by atoms with Gasteiger partial charge in [0.1, 0.15) is 5.75 Å². The summed E-state index contributed by atoms with van der Waals surface area (Å²) in [5.74, 6) is 1.13. The van der Waals surface area contributed by atoms with Gasteiger partial charge in [0.25, 0.3) is 0 Å². The van der Waals surface area contributed by atoms with Crippen molar-refractivity contribution in [2.24, 2.45) is 5.92 Å². The standard InChI is InChI=1S/C17H28N2O/c1-12(2)19-8-7-15(11-19)10-18-14(4)16-6-5-13(3)9-17(16)20/h5-6,9,12,14-15,18,20H,7-8,10-11H2,1-4H3. The Bertz CT molecular complexity index is 445. The molecule has 2 unspecified atom stereocenters. The quantitative estimate of drug-likeness (QED) is 0.867. The lowest BCUT2D eigenvalue weighted by Gasteiger charge is -2.21. The van der Waals surface area contributed by atoms with Gasteiger partial charge in [-0.1, -0.05) is 12.1 Å². The van der Waals surface area contributed by atoms with E-state index in [1.165, 1.54) is 19.5 Å². The van der Waals surface area contributed by atoms with Crippen molar-refractivity contribution in [1.82, 2.24) is 10.2 Å². The third kappa shape index (κ3) is 3.74. The van der Waals surface area contributed by atoms with Gasteiger partial charge in [0, 0.05) is 24.2 Å². The number of phenolic OH excluding ortho intramolecular Hbond substituents is 1. The Balaban J connectivity index is 1.85. The maximum Gasteiger partial charge on any atom is 0.120 e. The van der Waals surface area contributed by atoms with E-state index >= 15 is 0 Å². The van der Waals surface area contributed by atoms with Crippen molar-refractivity contribution in [1.29, 1.82) is 0 Å². The van der Waals surface area contributed by atoms with Crippen molar-refractivity contribution < 1.29 is 5.11 Å². The molecule has 2 rings (SSSR count). The molecule has 2 N–H and O–H groups in total. The molecule has 2 atom stereocenters. The summed E-state index contributed by atoms with van der Waals surface area (Å²) in [5.41, 5.74) is 2.09. The van der Waals surface area contributed by atoms with E-state index in [1.807, 2.05) is 19.1 Å². The van der Waals surface area contributed by atoms with Crippen LogP contribution in [-0.4, -0.2) is 35.7 Å². The minimum absolute atomic E-state index is 0.198. The highest BCUT2D eigenvalue weighted by Crippen LogP contribution is 2.25. The van der Waals surface area contributed by atoms with Crippen LogP contribution in [0.1, 0.15) is 44.4 Å². The number of hydrogen-bond acceptors (Lipinski definition) is 3. The van der Waals surface area contributed by atoms with Gasteiger partial charge in [-0.25, -0.2) is 0 Å². The summed E-state index contributed by atoms with van der Waals surface area (Å²) in [7, 11) is 0. The van der Waals surface area contributed by atoms with E-state index in [0.717, 1.165) is 23.6 Å². The van der Waals surface area contributed by atoms with Crippen LogP contribution in [0.15, 0.2) is 18.2 Å². The smallest absolute Gasteiger partial charge is 0.120 e. The molecule has 0 amide bonds. The fourth-order valence-electron chi connectivity index (χ4n) is 2.97. The van der Waals surface area contributed by atoms with E-state index in [0.29, 0.717) is 11.8 Å². The Morgan fingerprint density at radius 1 is 1.35 bits per heavy atom. The van der Waals surface area contributed by atoms with Gasteiger partial charge in [-0.15, -0.1) is 0 Å². The highest BCUT2D eigenvalue weighted by atomic mass is 16.3. The van der Waals surface area contributed by atoms with Crippen LogP contribution < -0.4 is 5.32 Å². The molecule has 0 aromatic heterocycles. The Morgan fingerprint density at radius 3 is 2.70 bits per heavy atom. The molecule has 20 heavy (non-hydrogen) atoms. The molecule has 0 radical (unpaired) electrons. The highest BCUT2D eigenvalue weighted by molar-refractivity contribution is 5.37. The number of nitrogens with one attached hydrogen (secondary N) is 1. The average Bonchev–Trinajstić information content (AvgIpc) is 2.85. The zero-order valence-corrected chi connectivity index (χ0v) is 13.2. The molecule has 0 spiro atoms. The Labute approximate surface area is 123 Å². The summed E-state index contributed by atoms with van der Waals surface area (Å²) < 4.78 is 0. The first-order chi connectivity index (χ1) is 9.47. The van der Waals surface area contributed by atoms with Crippen LogP contribution >= 0.6 is 0 Å². The number of rotatable bonds is 5. The van der Waals surface area contributed by atoms with Crippen LogP contribution in [0.2, 0.25) is 0 Å². The summed E-state index contributed by atoms with van der Waals surface area (Å²) in [6.07, 6.45) is 1.28. The molecule has 112 valence electrons. The number of aromatic hydroxyl groups is 1. The number of likely N-dealkylation sites (tertiary alicyclic amines) is 1. The van der Waals surface area contributed by atoms with Crippen LogP contribution in [0.3, 0.4) is 0 Å². The normalized spacial score (nSPS) is 21.6. The lowest BCUT2D eigenvalue weighted by atomic mass is 10.0. The maximum atomic E-state index is 10.0. The fraction of sp³-hybridized carbons (Fsp3) is 0.647. The van der Waals surface area contributed by atoms with Crippen molar-refractivity contribution in [2.45, 2.75) is 46.2 Å². The van der Waals surface area contributed by atoms with Gasteiger partial charge in [-0.2, -0.15) is 0 Å². The third-order valence-electron chi connectivity index (χ3n) is 4.41. The zero-order chi connectivity index (χ0) is 14.7. The summed E-state index contributed by atoms with van der Waals surface area (Å²) in [4.78, 5) is 2.54. The van der Waals surface area contributed by atoms with Gasteiger partial charge in [-0.3, -0.25) is 0 Å². The molecule has 1 heterocycles. The maximum absolute atomic E-state index is 10.0. The first-order valence-electron chi connectivity index (χ1n) is 7.74. The predicted molar refractivity (Wildman–Crippen MR) is 84.1 cm³/mol. The molecular weight excluding hydrogens is 248 g/mol. The Morgan fingerprint density at radius 2 is 2.10 bits per heavy atom. The zero-order valence-electron chi connectivity index (χ0n) is 13.2. The predicted octanol–water partition coefficient (Wildman–Crippen LogP) is 3.08. The molecule has 0 bridgehead atoms. The van der Waals surface area contributed by atoms with Gasteiger partial charge in [0.05, 0.1) is 0 Å². The monoisotopic (exact) mass is 276 g/mol. The molecular formula is C17H28N2O. The topological polar surface area (TPSA) is 35.5 Å². The minimum atomic E-state index is 0.198. The molecule has 0 aliphatic carbocycles. The van der Waals surface area contributed by atoms with E-state index in [1.54, 1.807) is 0 Å². The molecule has 1 aromatic carbocycles. The number of nitrogens with zero attached hydrogens (tertiary/aromatic N) is 1. The lowest BCUT2D eigenvalue weighted by molar-refractivity contribution is 0.263. The molecule has 1 aliphatic heterocycles. The van der Waals surface area contributed by atoms with Crippen molar-refractivity contribution in [3.05, 3.63) is 29.3 Å². The van der Waals surface area contributed by atoms with E-state index in [4.69, 9.17) is 0 Å². The second-order valence-corrected chi connectivity index (χ2v) is 6.44. The molecule has 0 saturated carbocycles. The van der Waals surface area contributed by atoms with Crippen molar-refractivity contribution >= 4 is 0 Å². The van der Waals surface area contributed by atoms with E-state index in [2.05, 4.69) is 37.1 Å². The van der Waals surface area contributed by atoms with Crippen molar-refractivity contribution in [3.63, 3.8) is 0 Å². The lowest BCUT2D eigenvalue weighted by Crippen LogP contribution is -2.31. The van der Waals surface area contributed by atoms with Crippen molar-refractivity contribution in [2.75, 3.05) is 19.6 Å². The van der Waals surface area contributed by atoms with Gasteiger partial charge in [0.2, 0.25) is 0 Å². The van der Waals surface area contributed by atoms with E-state index < -0.39 is 0 Å². The van der Waals surface area contributed by atoms with Gasteiger partial charge in [-0.05, 0) is 64.8 Å². The van der Waals surface area contributed by atoms with Crippen LogP contribution in [0, 0.1) is 12.8 Å². The van der Waals surface area contributed by atoms with Crippen LogP contribution in [-0.2, 0) is 0 Å². The fourth-order valence-corrected chi connectivity index (χ4v) is 2.97. The SMILES string of the molecule is Cc1ccc(C(C)NCC2CCN(C(C)C)C2)c(O)c1. The summed E-state index contributed by atoms with van der Waals surface area (Å²) in [6, 6.07) is 6.77. The first kappa shape index (κ1) is 15.3. The highest BCUT2D eigenvalue weighted by Gasteiger charge is 2.24. The Kier molecular flexibility index (Phi) is 5.06. The van der Waals surface area contributed by atoms with Crippen LogP contribution in [0.5, 0.6) is 5.75 Å². The van der Waals surface area contributed by atoms with E-state index in [9.17, 15) is 5.11 Å². The molecule has 1 fully saturated rings. The van der Waals surface area contributed by atoms with Gasteiger partial charge < -0.3 is 15.3 Å². The number of hydrogen-bond donors (Lipinski definition) is 2. The second kappa shape index (κ2) is 6.59. The minimum Gasteiger partial charge on any atom is -0.508 e. The average molecular weight is 276 g/mol. The number of phenols is 1. The molecule has 1 aliphatic rings.